The highest BCUT2D eigenvalue weighted by molar-refractivity contribution is 8.00. The molecule has 0 bridgehead atoms. The van der Waals surface area contributed by atoms with Gasteiger partial charge in [0.1, 0.15) is 5.75 Å². The first kappa shape index (κ1) is 21.5. The van der Waals surface area contributed by atoms with Crippen LogP contribution in [0.3, 0.4) is 0 Å². The van der Waals surface area contributed by atoms with Crippen LogP contribution in [0.25, 0.3) is 11.4 Å². The molecule has 11 heteroatoms. The number of carbonyl (C=O) groups excluding carboxylic acids is 1. The molecular formula is C19H18F3N5O2S. The first-order chi connectivity index (χ1) is 14.1. The van der Waals surface area contributed by atoms with Gasteiger partial charge in [0.2, 0.25) is 11.1 Å². The van der Waals surface area contributed by atoms with Gasteiger partial charge in [-0.05, 0) is 38.1 Å². The molecule has 0 fully saturated rings. The number of alkyl halides is 3. The Morgan fingerprint density at radius 2 is 1.77 bits per heavy atom. The molecule has 3 N–H and O–H groups in total. The molecule has 1 atom stereocenters. The fourth-order valence-corrected chi connectivity index (χ4v) is 3.22. The molecule has 0 aliphatic heterocycles. The van der Waals surface area contributed by atoms with Crippen molar-refractivity contribution in [2.75, 3.05) is 11.2 Å². The Hall–Kier alpha value is -3.21. The fraction of sp³-hybridized carbons (Fsp3) is 0.211. The molecule has 0 spiro atoms. The maximum atomic E-state index is 12.4. The number of thioether (sulfide) groups is 1. The number of benzene rings is 2. The molecule has 0 saturated heterocycles. The molecule has 3 aromatic rings. The van der Waals surface area contributed by atoms with Gasteiger partial charge >= 0.3 is 6.36 Å². The van der Waals surface area contributed by atoms with Gasteiger partial charge in [0.25, 0.3) is 0 Å². The standard InChI is InChI=1S/C19H18F3N5O2S/c1-11-3-5-13(6-4-11)16-25-26-18(27(16)23)30-12(2)17(28)24-14-7-9-15(10-8-14)29-19(20,21)22/h3-10,12H,23H2,1-2H3,(H,24,28). The third-order valence-corrected chi connectivity index (χ3v) is 5.04. The van der Waals surface area contributed by atoms with Crippen LogP contribution in [0.1, 0.15) is 12.5 Å². The Kier molecular flexibility index (Phi) is 6.20. The van der Waals surface area contributed by atoms with Gasteiger partial charge < -0.3 is 15.9 Å². The lowest BCUT2D eigenvalue weighted by molar-refractivity contribution is -0.274. The minimum atomic E-state index is -4.77. The van der Waals surface area contributed by atoms with Gasteiger partial charge in [0.15, 0.2) is 5.82 Å². The Bertz CT molecular complexity index is 1020. The number of amides is 1. The summed E-state index contributed by atoms with van der Waals surface area (Å²) in [5.74, 6) is 5.79. The van der Waals surface area contributed by atoms with E-state index in [0.29, 0.717) is 16.7 Å². The number of hydrogen-bond acceptors (Lipinski definition) is 6. The molecule has 0 saturated carbocycles. The molecule has 1 aromatic heterocycles. The number of anilines is 1. The van der Waals surface area contributed by atoms with Gasteiger partial charge in [-0.15, -0.1) is 23.4 Å². The van der Waals surface area contributed by atoms with Crippen molar-refractivity contribution in [1.29, 1.82) is 0 Å². The van der Waals surface area contributed by atoms with Crippen molar-refractivity contribution in [2.45, 2.75) is 30.6 Å². The molecule has 158 valence electrons. The molecular weight excluding hydrogens is 419 g/mol. The third-order valence-electron chi connectivity index (χ3n) is 3.98. The lowest BCUT2D eigenvalue weighted by Crippen LogP contribution is -2.23. The number of rotatable bonds is 6. The summed E-state index contributed by atoms with van der Waals surface area (Å²) in [6.07, 6.45) is -4.77. The molecule has 1 amide bonds. The summed E-state index contributed by atoms with van der Waals surface area (Å²) in [5, 5.41) is 10.5. The van der Waals surface area contributed by atoms with Gasteiger partial charge in [-0.1, -0.05) is 41.6 Å². The van der Waals surface area contributed by atoms with Crippen LogP contribution in [0.4, 0.5) is 18.9 Å². The average Bonchev–Trinajstić information content (AvgIpc) is 3.03. The maximum Gasteiger partial charge on any atom is 0.573 e. The predicted octanol–water partition coefficient (Wildman–Crippen LogP) is 3.99. The number of nitrogen functional groups attached to an aromatic ring is 1. The highest BCUT2D eigenvalue weighted by atomic mass is 32.2. The summed E-state index contributed by atoms with van der Waals surface area (Å²) >= 11 is 1.11. The molecule has 0 aliphatic carbocycles. The first-order valence-corrected chi connectivity index (χ1v) is 9.61. The van der Waals surface area contributed by atoms with E-state index >= 15 is 0 Å². The lowest BCUT2D eigenvalue weighted by atomic mass is 10.1. The van der Waals surface area contributed by atoms with E-state index in [1.54, 1.807) is 6.92 Å². The normalized spacial score (nSPS) is 12.4. The van der Waals surface area contributed by atoms with Crippen LogP contribution in [0.15, 0.2) is 53.7 Å². The van der Waals surface area contributed by atoms with E-state index in [0.717, 1.165) is 35.0 Å². The van der Waals surface area contributed by atoms with Crippen molar-refractivity contribution < 1.29 is 22.7 Å². The second kappa shape index (κ2) is 8.66. The highest BCUT2D eigenvalue weighted by Crippen LogP contribution is 2.27. The molecule has 7 nitrogen and oxygen atoms in total. The van der Waals surface area contributed by atoms with Crippen LogP contribution in [0.5, 0.6) is 5.75 Å². The van der Waals surface area contributed by atoms with Crippen molar-refractivity contribution in [3.05, 3.63) is 54.1 Å². The predicted molar refractivity (Wildman–Crippen MR) is 107 cm³/mol. The summed E-state index contributed by atoms with van der Waals surface area (Å²) in [6, 6.07) is 12.5. The number of ether oxygens (including phenoxy) is 1. The largest absolute Gasteiger partial charge is 0.573 e. The van der Waals surface area contributed by atoms with Crippen LogP contribution in [-0.2, 0) is 4.79 Å². The topological polar surface area (TPSA) is 95.1 Å². The minimum Gasteiger partial charge on any atom is -0.406 e. The van der Waals surface area contributed by atoms with Crippen LogP contribution in [-0.4, -0.2) is 32.4 Å². The Morgan fingerprint density at radius 3 is 2.37 bits per heavy atom. The number of nitrogens with two attached hydrogens (primary N) is 1. The number of nitrogens with one attached hydrogen (secondary N) is 1. The van der Waals surface area contributed by atoms with Crippen LogP contribution < -0.4 is 15.9 Å². The summed E-state index contributed by atoms with van der Waals surface area (Å²) < 4.78 is 41.7. The first-order valence-electron chi connectivity index (χ1n) is 8.73. The van der Waals surface area contributed by atoms with Gasteiger partial charge in [-0.3, -0.25) is 4.79 Å². The van der Waals surface area contributed by atoms with E-state index in [9.17, 15) is 18.0 Å². The minimum absolute atomic E-state index is 0.330. The van der Waals surface area contributed by atoms with E-state index in [1.807, 2.05) is 31.2 Å². The smallest absolute Gasteiger partial charge is 0.406 e. The zero-order chi connectivity index (χ0) is 21.9. The van der Waals surface area contributed by atoms with Gasteiger partial charge in [0, 0.05) is 11.3 Å². The van der Waals surface area contributed by atoms with E-state index in [-0.39, 0.29) is 11.7 Å². The van der Waals surface area contributed by atoms with Crippen molar-refractivity contribution >= 4 is 23.4 Å². The summed E-state index contributed by atoms with van der Waals surface area (Å²) in [5.41, 5.74) is 2.22. The molecule has 2 aromatic carbocycles. The molecule has 3 rings (SSSR count). The summed E-state index contributed by atoms with van der Waals surface area (Å²) in [6.45, 7) is 3.62. The van der Waals surface area contributed by atoms with Crippen molar-refractivity contribution in [2.24, 2.45) is 0 Å². The second-order valence-corrected chi connectivity index (χ2v) is 7.67. The van der Waals surface area contributed by atoms with Gasteiger partial charge in [-0.25, -0.2) is 4.68 Å². The monoisotopic (exact) mass is 437 g/mol. The molecule has 30 heavy (non-hydrogen) atoms. The molecule has 1 unspecified atom stereocenters. The second-order valence-electron chi connectivity index (χ2n) is 6.36. The zero-order valence-electron chi connectivity index (χ0n) is 16.0. The van der Waals surface area contributed by atoms with Gasteiger partial charge in [-0.2, -0.15) is 0 Å². The fourth-order valence-electron chi connectivity index (χ4n) is 2.45. The highest BCUT2D eigenvalue weighted by Gasteiger charge is 2.31. The van der Waals surface area contributed by atoms with Crippen molar-refractivity contribution in [3.8, 4) is 17.1 Å². The van der Waals surface area contributed by atoms with E-state index < -0.39 is 11.6 Å². The average molecular weight is 437 g/mol. The van der Waals surface area contributed by atoms with Crippen LogP contribution >= 0.6 is 11.8 Å². The molecule has 1 heterocycles. The number of aryl methyl sites for hydroxylation is 1. The Labute approximate surface area is 174 Å². The van der Waals surface area contributed by atoms with Crippen LogP contribution in [0, 0.1) is 6.92 Å². The third kappa shape index (κ3) is 5.44. The lowest BCUT2D eigenvalue weighted by Gasteiger charge is -2.13. The summed E-state index contributed by atoms with van der Waals surface area (Å²) in [7, 11) is 0. The van der Waals surface area contributed by atoms with Crippen molar-refractivity contribution in [3.63, 3.8) is 0 Å². The van der Waals surface area contributed by atoms with E-state index in [4.69, 9.17) is 5.84 Å². The number of carbonyl (C=O) groups is 1. The number of aromatic nitrogens is 3. The van der Waals surface area contributed by atoms with Crippen LogP contribution in [0.2, 0.25) is 0 Å². The number of nitrogens with zero attached hydrogens (tertiary/aromatic N) is 3. The molecule has 0 radical (unpaired) electrons. The zero-order valence-corrected chi connectivity index (χ0v) is 16.8. The number of hydrogen-bond donors (Lipinski definition) is 2. The van der Waals surface area contributed by atoms with Gasteiger partial charge in [0.05, 0.1) is 5.25 Å². The van der Waals surface area contributed by atoms with Crippen molar-refractivity contribution in [1.82, 2.24) is 14.9 Å². The maximum absolute atomic E-state index is 12.4. The van der Waals surface area contributed by atoms with E-state index in [1.165, 1.54) is 16.8 Å². The quantitative estimate of drug-likeness (QED) is 0.447. The Balaban J connectivity index is 1.63. The van der Waals surface area contributed by atoms with E-state index in [2.05, 4.69) is 20.3 Å². The number of halogens is 3. The SMILES string of the molecule is Cc1ccc(-c2nnc(SC(C)C(=O)Nc3ccc(OC(F)(F)F)cc3)n2N)cc1. The Morgan fingerprint density at radius 1 is 1.13 bits per heavy atom. The molecule has 0 aliphatic rings. The summed E-state index contributed by atoms with van der Waals surface area (Å²) in [4.78, 5) is 12.4.